The van der Waals surface area contributed by atoms with E-state index in [1.807, 2.05) is 52.0 Å². The Morgan fingerprint density at radius 1 is 1.25 bits per heavy atom. The number of hydrogen-bond acceptors (Lipinski definition) is 5. The molecule has 1 aliphatic rings. The Kier molecular flexibility index (Phi) is 4.13. The SMILES string of the molecule is Cc1ccc(N2C(=O)C[C@H]2C(=O)Nc2nnc(C(C)(C)C)s2)cc1. The molecule has 1 N–H and O–H groups in total. The minimum absolute atomic E-state index is 0.0494. The standard InChI is InChI=1S/C17H20N4O2S/c1-10-5-7-11(8-6-10)21-12(9-13(21)22)14(23)18-16-20-19-15(24-16)17(2,3)4/h5-8,12H,9H2,1-4H3,(H,18,20,23)/t12-/m0/s1. The number of hydrogen-bond donors (Lipinski definition) is 1. The summed E-state index contributed by atoms with van der Waals surface area (Å²) in [7, 11) is 0. The molecular weight excluding hydrogens is 324 g/mol. The molecule has 2 aromatic rings. The predicted octanol–water partition coefficient (Wildman–Crippen LogP) is 2.89. The first-order valence-corrected chi connectivity index (χ1v) is 8.61. The molecule has 0 radical (unpaired) electrons. The highest BCUT2D eigenvalue weighted by atomic mass is 32.1. The Labute approximate surface area is 144 Å². The topological polar surface area (TPSA) is 75.2 Å². The Hall–Kier alpha value is -2.28. The van der Waals surface area contributed by atoms with Gasteiger partial charge in [0, 0.05) is 11.1 Å². The summed E-state index contributed by atoms with van der Waals surface area (Å²) in [4.78, 5) is 26.0. The fourth-order valence-corrected chi connectivity index (χ4v) is 3.23. The van der Waals surface area contributed by atoms with E-state index >= 15 is 0 Å². The van der Waals surface area contributed by atoms with Gasteiger partial charge in [-0.15, -0.1) is 10.2 Å². The van der Waals surface area contributed by atoms with Gasteiger partial charge in [0.05, 0.1) is 6.42 Å². The highest BCUT2D eigenvalue weighted by Gasteiger charge is 2.42. The lowest BCUT2D eigenvalue weighted by Crippen LogP contribution is -2.58. The fraction of sp³-hybridized carbons (Fsp3) is 0.412. The normalized spacial score (nSPS) is 17.6. The van der Waals surface area contributed by atoms with Crippen molar-refractivity contribution in [1.29, 1.82) is 0 Å². The first kappa shape index (κ1) is 16.6. The molecule has 1 saturated heterocycles. The number of aromatic nitrogens is 2. The van der Waals surface area contributed by atoms with Crippen LogP contribution in [0.25, 0.3) is 0 Å². The monoisotopic (exact) mass is 344 g/mol. The van der Waals surface area contributed by atoms with Crippen LogP contribution in [0.2, 0.25) is 0 Å². The number of nitrogens with zero attached hydrogens (tertiary/aromatic N) is 3. The van der Waals surface area contributed by atoms with E-state index in [1.54, 1.807) is 0 Å². The van der Waals surface area contributed by atoms with Crippen LogP contribution in [0.3, 0.4) is 0 Å². The third-order valence-electron chi connectivity index (χ3n) is 3.86. The maximum atomic E-state index is 12.5. The number of β-lactam (4-membered cyclic amide) rings is 1. The van der Waals surface area contributed by atoms with Crippen LogP contribution in [0.5, 0.6) is 0 Å². The third kappa shape index (κ3) is 3.17. The van der Waals surface area contributed by atoms with Crippen LogP contribution in [0.4, 0.5) is 10.8 Å². The van der Waals surface area contributed by atoms with Crippen LogP contribution in [0, 0.1) is 6.92 Å². The zero-order chi connectivity index (χ0) is 17.5. The zero-order valence-corrected chi connectivity index (χ0v) is 15.0. The average Bonchev–Trinajstić information content (AvgIpc) is 2.95. The molecule has 1 aliphatic heterocycles. The second-order valence-electron chi connectivity index (χ2n) is 6.97. The van der Waals surface area contributed by atoms with Gasteiger partial charge >= 0.3 is 0 Å². The van der Waals surface area contributed by atoms with Crippen molar-refractivity contribution in [3.05, 3.63) is 34.8 Å². The smallest absolute Gasteiger partial charge is 0.249 e. The Morgan fingerprint density at radius 3 is 2.46 bits per heavy atom. The van der Waals surface area contributed by atoms with Crippen LogP contribution in [-0.4, -0.2) is 28.1 Å². The molecule has 2 heterocycles. The van der Waals surface area contributed by atoms with Gasteiger partial charge in [-0.2, -0.15) is 0 Å². The number of amides is 2. The van der Waals surface area contributed by atoms with E-state index in [1.165, 1.54) is 16.2 Å². The minimum atomic E-state index is -0.498. The van der Waals surface area contributed by atoms with Gasteiger partial charge in [-0.05, 0) is 19.1 Å². The number of carbonyl (C=O) groups excluding carboxylic acids is 2. The van der Waals surface area contributed by atoms with E-state index in [4.69, 9.17) is 0 Å². The Morgan fingerprint density at radius 2 is 1.92 bits per heavy atom. The molecular formula is C17H20N4O2S. The maximum Gasteiger partial charge on any atom is 0.249 e. The number of aryl methyl sites for hydroxylation is 1. The zero-order valence-electron chi connectivity index (χ0n) is 14.2. The number of benzene rings is 1. The Balaban J connectivity index is 1.72. The molecule has 0 spiro atoms. The molecule has 1 fully saturated rings. The Bertz CT molecular complexity index is 777. The lowest BCUT2D eigenvalue weighted by molar-refractivity contribution is -0.131. The molecule has 0 aliphatic carbocycles. The molecule has 0 unspecified atom stereocenters. The van der Waals surface area contributed by atoms with Crippen molar-refractivity contribution >= 4 is 34.0 Å². The van der Waals surface area contributed by atoms with E-state index in [0.29, 0.717) is 5.13 Å². The van der Waals surface area contributed by atoms with E-state index in [2.05, 4.69) is 15.5 Å². The summed E-state index contributed by atoms with van der Waals surface area (Å²) in [5.74, 6) is -0.279. The molecule has 7 heteroatoms. The van der Waals surface area contributed by atoms with Gasteiger partial charge < -0.3 is 0 Å². The molecule has 6 nitrogen and oxygen atoms in total. The van der Waals surface area contributed by atoms with Gasteiger partial charge in [0.15, 0.2) is 0 Å². The average molecular weight is 344 g/mol. The summed E-state index contributed by atoms with van der Waals surface area (Å²) >= 11 is 1.36. The van der Waals surface area contributed by atoms with Crippen molar-refractivity contribution < 1.29 is 9.59 Å². The van der Waals surface area contributed by atoms with Gasteiger partial charge in [0.1, 0.15) is 11.0 Å². The molecule has 3 rings (SSSR count). The second kappa shape index (κ2) is 5.98. The van der Waals surface area contributed by atoms with Gasteiger partial charge in [-0.25, -0.2) is 0 Å². The molecule has 24 heavy (non-hydrogen) atoms. The minimum Gasteiger partial charge on any atom is -0.299 e. The molecule has 1 aromatic carbocycles. The van der Waals surface area contributed by atoms with Gasteiger partial charge in [-0.1, -0.05) is 49.8 Å². The van der Waals surface area contributed by atoms with Crippen molar-refractivity contribution in [2.24, 2.45) is 0 Å². The van der Waals surface area contributed by atoms with E-state index < -0.39 is 6.04 Å². The molecule has 1 aromatic heterocycles. The second-order valence-corrected chi connectivity index (χ2v) is 7.95. The highest BCUT2D eigenvalue weighted by molar-refractivity contribution is 7.15. The third-order valence-corrected chi connectivity index (χ3v) is 5.12. The molecule has 1 atom stereocenters. The first-order chi connectivity index (χ1) is 11.3. The van der Waals surface area contributed by atoms with Crippen molar-refractivity contribution in [1.82, 2.24) is 10.2 Å². The summed E-state index contributed by atoms with van der Waals surface area (Å²) in [5.41, 5.74) is 1.74. The molecule has 0 bridgehead atoms. The number of anilines is 2. The first-order valence-electron chi connectivity index (χ1n) is 7.79. The quantitative estimate of drug-likeness (QED) is 0.869. The van der Waals surface area contributed by atoms with Crippen LogP contribution >= 0.6 is 11.3 Å². The summed E-state index contributed by atoms with van der Waals surface area (Å²) in [5, 5.41) is 12.2. The number of rotatable bonds is 3. The van der Waals surface area contributed by atoms with Crippen LogP contribution < -0.4 is 10.2 Å². The summed E-state index contributed by atoms with van der Waals surface area (Å²) in [6.45, 7) is 8.11. The predicted molar refractivity (Wildman–Crippen MR) is 94.3 cm³/mol. The molecule has 0 saturated carbocycles. The lowest BCUT2D eigenvalue weighted by atomic mass is 9.98. The summed E-state index contributed by atoms with van der Waals surface area (Å²) < 4.78 is 0. The maximum absolute atomic E-state index is 12.5. The molecule has 126 valence electrons. The number of carbonyl (C=O) groups is 2. The van der Waals surface area contributed by atoms with Crippen LogP contribution in [0.1, 0.15) is 37.8 Å². The van der Waals surface area contributed by atoms with Crippen molar-refractivity contribution in [3.8, 4) is 0 Å². The fourth-order valence-electron chi connectivity index (χ4n) is 2.42. The van der Waals surface area contributed by atoms with E-state index in [9.17, 15) is 9.59 Å². The van der Waals surface area contributed by atoms with Crippen LogP contribution in [0.15, 0.2) is 24.3 Å². The highest BCUT2D eigenvalue weighted by Crippen LogP contribution is 2.31. The van der Waals surface area contributed by atoms with E-state index in [-0.39, 0.29) is 23.7 Å². The summed E-state index contributed by atoms with van der Waals surface area (Å²) in [6.07, 6.45) is 0.213. The number of nitrogens with one attached hydrogen (secondary N) is 1. The van der Waals surface area contributed by atoms with Crippen molar-refractivity contribution in [3.63, 3.8) is 0 Å². The molecule has 2 amide bonds. The van der Waals surface area contributed by atoms with Gasteiger partial charge in [0.2, 0.25) is 16.9 Å². The largest absolute Gasteiger partial charge is 0.299 e. The van der Waals surface area contributed by atoms with Gasteiger partial charge in [-0.3, -0.25) is 19.8 Å². The van der Waals surface area contributed by atoms with Gasteiger partial charge in [0.25, 0.3) is 0 Å². The van der Waals surface area contributed by atoms with E-state index in [0.717, 1.165) is 16.3 Å². The summed E-state index contributed by atoms with van der Waals surface area (Å²) in [6, 6.07) is 7.07. The lowest BCUT2D eigenvalue weighted by Gasteiger charge is -2.38. The van der Waals surface area contributed by atoms with Crippen molar-refractivity contribution in [2.45, 2.75) is 45.6 Å². The van der Waals surface area contributed by atoms with Crippen LogP contribution in [-0.2, 0) is 15.0 Å². The van der Waals surface area contributed by atoms with Crippen molar-refractivity contribution in [2.75, 3.05) is 10.2 Å².